The minimum atomic E-state index is -4.06. The molecule has 0 radical (unpaired) electrons. The lowest BCUT2D eigenvalue weighted by Crippen LogP contribution is -2.32. The van der Waals surface area contributed by atoms with Crippen LogP contribution in [0.2, 0.25) is 0 Å². The number of hydrogen-bond acceptors (Lipinski definition) is 5. The average Bonchev–Trinajstić information content (AvgIpc) is 3.11. The molecule has 0 spiro atoms. The van der Waals surface area contributed by atoms with Crippen LogP contribution in [0, 0.1) is 0 Å². The second kappa shape index (κ2) is 8.58. The Bertz CT molecular complexity index is 910. The highest BCUT2D eigenvalue weighted by Gasteiger charge is 2.65. The van der Waals surface area contributed by atoms with Gasteiger partial charge in [-0.25, -0.2) is 9.28 Å². The van der Waals surface area contributed by atoms with Gasteiger partial charge in [-0.15, -0.1) is 0 Å². The summed E-state index contributed by atoms with van der Waals surface area (Å²) in [6.07, 6.45) is 1.99. The van der Waals surface area contributed by atoms with Gasteiger partial charge in [0.05, 0.1) is 18.1 Å². The van der Waals surface area contributed by atoms with Gasteiger partial charge in [0.2, 0.25) is 6.04 Å². The standard InChI is InChI=1S/C18H27NO7S2/c1-3-15(6-4-12-27(21,22)23)16-7-9-17(10-8-16)19(14(2)18(19)20)11-5-13-28(24,25)26/h7-10,14-15H,3-6,11-13H2,1-2H3,(H-,21,22,23,24,25,26)/p+1. The SMILES string of the molecule is CCC(CCCS(=O)(=O)O)c1ccc([N+]2(CCCS(=O)(=O)O)C(=O)C2C)cc1. The lowest BCUT2D eigenvalue weighted by molar-refractivity contribution is -0.113. The lowest BCUT2D eigenvalue weighted by atomic mass is 9.92. The van der Waals surface area contributed by atoms with E-state index in [0.717, 1.165) is 17.7 Å². The van der Waals surface area contributed by atoms with Crippen LogP contribution < -0.4 is 4.48 Å². The first kappa shape index (κ1) is 23.0. The van der Waals surface area contributed by atoms with E-state index in [1.54, 1.807) is 6.92 Å². The van der Waals surface area contributed by atoms with Gasteiger partial charge in [-0.1, -0.05) is 19.1 Å². The molecule has 1 aliphatic heterocycles. The molecule has 3 unspecified atom stereocenters. The molecule has 0 bridgehead atoms. The Morgan fingerprint density at radius 1 is 1.00 bits per heavy atom. The smallest absolute Gasteiger partial charge is 0.286 e. The highest BCUT2D eigenvalue weighted by atomic mass is 32.2. The van der Waals surface area contributed by atoms with Crippen LogP contribution in [0.15, 0.2) is 24.3 Å². The number of nitrogens with zero attached hydrogens (tertiary/aromatic N) is 1. The number of quaternary nitrogens is 1. The third-order valence-electron chi connectivity index (χ3n) is 5.53. The van der Waals surface area contributed by atoms with E-state index in [9.17, 15) is 21.6 Å². The van der Waals surface area contributed by atoms with Crippen LogP contribution in [0.3, 0.4) is 0 Å². The van der Waals surface area contributed by atoms with Crippen molar-refractivity contribution in [3.8, 4) is 0 Å². The molecule has 1 fully saturated rings. The van der Waals surface area contributed by atoms with Gasteiger partial charge in [0.25, 0.3) is 20.2 Å². The second-order valence-electron chi connectivity index (χ2n) is 7.37. The summed E-state index contributed by atoms with van der Waals surface area (Å²) in [7, 11) is -8.02. The molecule has 0 saturated carbocycles. The van der Waals surface area contributed by atoms with Gasteiger partial charge in [0.1, 0.15) is 5.69 Å². The number of hydrogen-bond donors (Lipinski definition) is 2. The predicted molar refractivity (Wildman–Crippen MR) is 107 cm³/mol. The van der Waals surface area contributed by atoms with Crippen LogP contribution in [-0.4, -0.2) is 55.9 Å². The van der Waals surface area contributed by atoms with E-state index in [1.807, 2.05) is 31.2 Å². The maximum absolute atomic E-state index is 12.3. The van der Waals surface area contributed by atoms with Gasteiger partial charge in [-0.05, 0) is 42.9 Å². The summed E-state index contributed by atoms with van der Waals surface area (Å²) in [6.45, 7) is 4.12. The first-order valence-electron chi connectivity index (χ1n) is 9.33. The molecule has 10 heteroatoms. The van der Waals surface area contributed by atoms with E-state index in [1.165, 1.54) is 0 Å². The zero-order valence-corrected chi connectivity index (χ0v) is 17.7. The van der Waals surface area contributed by atoms with Gasteiger partial charge in [0, 0.05) is 13.3 Å². The topological polar surface area (TPSA) is 126 Å². The number of rotatable bonds is 11. The Morgan fingerprint density at radius 3 is 1.93 bits per heavy atom. The Kier molecular flexibility index (Phi) is 7.03. The van der Waals surface area contributed by atoms with Crippen molar-refractivity contribution in [1.82, 2.24) is 4.48 Å². The summed E-state index contributed by atoms with van der Waals surface area (Å²) in [5.74, 6) is -0.479. The zero-order valence-electron chi connectivity index (χ0n) is 16.1. The van der Waals surface area contributed by atoms with E-state index in [0.29, 0.717) is 19.4 Å². The predicted octanol–water partition coefficient (Wildman–Crippen LogP) is 2.36. The van der Waals surface area contributed by atoms with Gasteiger partial charge >= 0.3 is 5.91 Å². The van der Waals surface area contributed by atoms with Gasteiger partial charge in [-0.2, -0.15) is 16.8 Å². The first-order chi connectivity index (χ1) is 12.9. The Balaban J connectivity index is 2.09. The van der Waals surface area contributed by atoms with Crippen LogP contribution in [0.4, 0.5) is 5.69 Å². The molecule has 0 aromatic heterocycles. The molecule has 1 saturated heterocycles. The number of carbonyl (C=O) groups excluding carboxylic acids is 1. The highest BCUT2D eigenvalue weighted by Crippen LogP contribution is 2.41. The van der Waals surface area contributed by atoms with Crippen LogP contribution in [0.1, 0.15) is 51.0 Å². The molecule has 158 valence electrons. The van der Waals surface area contributed by atoms with Crippen molar-refractivity contribution in [2.45, 2.75) is 51.5 Å². The van der Waals surface area contributed by atoms with Crippen molar-refractivity contribution < 1.29 is 30.7 Å². The van der Waals surface area contributed by atoms with E-state index < -0.39 is 20.2 Å². The van der Waals surface area contributed by atoms with Crippen LogP contribution in [0.5, 0.6) is 0 Å². The summed E-state index contributed by atoms with van der Waals surface area (Å²) in [5, 5.41) is 0. The first-order valence-corrected chi connectivity index (χ1v) is 12.6. The molecule has 0 aliphatic carbocycles. The Labute approximate surface area is 166 Å². The molecule has 1 aromatic carbocycles. The number of benzene rings is 1. The number of amides is 1. The monoisotopic (exact) mass is 434 g/mol. The summed E-state index contributed by atoms with van der Waals surface area (Å²) < 4.78 is 61.5. The minimum Gasteiger partial charge on any atom is -0.286 e. The van der Waals surface area contributed by atoms with Crippen molar-refractivity contribution in [3.05, 3.63) is 29.8 Å². The third kappa shape index (κ3) is 5.60. The lowest BCUT2D eigenvalue weighted by Gasteiger charge is -2.19. The molecule has 8 nitrogen and oxygen atoms in total. The van der Waals surface area contributed by atoms with E-state index in [4.69, 9.17) is 9.11 Å². The van der Waals surface area contributed by atoms with Gasteiger partial charge in [0.15, 0.2) is 0 Å². The second-order valence-corrected chi connectivity index (χ2v) is 10.5. The van der Waals surface area contributed by atoms with E-state index >= 15 is 0 Å². The summed E-state index contributed by atoms with van der Waals surface area (Å²) in [5.41, 5.74) is 1.81. The molecule has 1 aliphatic rings. The third-order valence-corrected chi connectivity index (χ3v) is 7.14. The van der Waals surface area contributed by atoms with Crippen molar-refractivity contribution in [2.24, 2.45) is 0 Å². The van der Waals surface area contributed by atoms with Crippen molar-refractivity contribution in [1.29, 1.82) is 0 Å². The fourth-order valence-electron chi connectivity index (χ4n) is 3.85. The van der Waals surface area contributed by atoms with Gasteiger partial charge < -0.3 is 0 Å². The zero-order chi connectivity index (χ0) is 21.2. The van der Waals surface area contributed by atoms with E-state index in [2.05, 4.69) is 0 Å². The fourth-order valence-corrected chi connectivity index (χ4v) is 4.88. The van der Waals surface area contributed by atoms with Crippen molar-refractivity contribution in [2.75, 3.05) is 18.1 Å². The minimum absolute atomic E-state index is 0.0169. The largest absolute Gasteiger partial charge is 0.378 e. The molecular weight excluding hydrogens is 406 g/mol. The summed E-state index contributed by atoms with van der Waals surface area (Å²) in [6, 6.07) is 7.30. The normalized spacial score (nSPS) is 23.6. The maximum Gasteiger partial charge on any atom is 0.378 e. The fraction of sp³-hybridized carbons (Fsp3) is 0.611. The van der Waals surface area contributed by atoms with Crippen molar-refractivity contribution >= 4 is 31.8 Å². The Hall–Kier alpha value is -1.33. The molecule has 28 heavy (non-hydrogen) atoms. The highest BCUT2D eigenvalue weighted by molar-refractivity contribution is 7.86. The maximum atomic E-state index is 12.3. The average molecular weight is 435 g/mol. The molecule has 1 amide bonds. The summed E-state index contributed by atoms with van der Waals surface area (Å²) in [4.78, 5) is 12.3. The molecule has 1 aromatic rings. The van der Waals surface area contributed by atoms with Crippen LogP contribution >= 0.6 is 0 Å². The molecular formula is C18H28NO7S2+. The summed E-state index contributed by atoms with van der Waals surface area (Å²) >= 11 is 0. The molecule has 3 atom stereocenters. The molecule has 2 N–H and O–H groups in total. The van der Waals surface area contributed by atoms with Crippen LogP contribution in [0.25, 0.3) is 0 Å². The van der Waals surface area contributed by atoms with Gasteiger partial charge in [-0.3, -0.25) is 9.11 Å². The Morgan fingerprint density at radius 2 is 1.50 bits per heavy atom. The van der Waals surface area contributed by atoms with Crippen molar-refractivity contribution in [3.63, 3.8) is 0 Å². The van der Waals surface area contributed by atoms with E-state index in [-0.39, 0.29) is 40.3 Å². The molecule has 1 heterocycles. The molecule has 2 rings (SSSR count). The van der Waals surface area contributed by atoms with Crippen LogP contribution in [-0.2, 0) is 25.0 Å². The number of carbonyl (C=O) groups is 1. The quantitative estimate of drug-likeness (QED) is 0.311.